The molecule has 1 N–H and O–H groups in total. The molecular formula is C15H21FN2O. The summed E-state index contributed by atoms with van der Waals surface area (Å²) in [5.74, 6) is 0.0961. The summed E-state index contributed by atoms with van der Waals surface area (Å²) in [7, 11) is 0. The summed E-state index contributed by atoms with van der Waals surface area (Å²) in [6, 6.07) is 6.60. The van der Waals surface area contributed by atoms with Gasteiger partial charge in [-0.05, 0) is 32.4 Å². The van der Waals surface area contributed by atoms with Gasteiger partial charge in [0.05, 0.1) is 0 Å². The number of hydrogen-bond acceptors (Lipinski definition) is 3. The minimum absolute atomic E-state index is 0.0618. The van der Waals surface area contributed by atoms with Crippen LogP contribution in [-0.4, -0.2) is 12.6 Å². The fourth-order valence-corrected chi connectivity index (χ4v) is 1.79. The summed E-state index contributed by atoms with van der Waals surface area (Å²) >= 11 is 0. The summed E-state index contributed by atoms with van der Waals surface area (Å²) < 4.78 is 18.9. The Kier molecular flexibility index (Phi) is 6.31. The zero-order valence-corrected chi connectivity index (χ0v) is 11.7. The molecule has 19 heavy (non-hydrogen) atoms. The van der Waals surface area contributed by atoms with Crippen molar-refractivity contribution in [1.82, 2.24) is 5.32 Å². The summed E-state index contributed by atoms with van der Waals surface area (Å²) in [5.41, 5.74) is 0.878. The van der Waals surface area contributed by atoms with Crippen molar-refractivity contribution in [3.63, 3.8) is 0 Å². The summed E-state index contributed by atoms with van der Waals surface area (Å²) in [5, 5.41) is 12.3. The van der Waals surface area contributed by atoms with Crippen LogP contribution in [0.15, 0.2) is 18.2 Å². The van der Waals surface area contributed by atoms with Gasteiger partial charge in [0.1, 0.15) is 17.6 Å². The first-order chi connectivity index (χ1) is 9.12. The van der Waals surface area contributed by atoms with E-state index in [0.29, 0.717) is 12.2 Å². The SMILES string of the molecule is CCCNC(C)c1ccc(F)cc1OC(C#N)CC. The van der Waals surface area contributed by atoms with Gasteiger partial charge < -0.3 is 10.1 Å². The Hall–Kier alpha value is -1.60. The highest BCUT2D eigenvalue weighted by atomic mass is 19.1. The first-order valence-electron chi connectivity index (χ1n) is 6.71. The molecular weight excluding hydrogens is 243 g/mol. The monoisotopic (exact) mass is 264 g/mol. The Labute approximate surface area is 114 Å². The zero-order chi connectivity index (χ0) is 14.3. The number of hydrogen-bond donors (Lipinski definition) is 1. The van der Waals surface area contributed by atoms with Crippen LogP contribution in [0.25, 0.3) is 0 Å². The van der Waals surface area contributed by atoms with Crippen LogP contribution < -0.4 is 10.1 Å². The molecule has 1 aromatic rings. The zero-order valence-electron chi connectivity index (χ0n) is 11.7. The number of nitrogens with zero attached hydrogens (tertiary/aromatic N) is 1. The van der Waals surface area contributed by atoms with Crippen molar-refractivity contribution in [3.05, 3.63) is 29.6 Å². The number of benzene rings is 1. The molecule has 0 aliphatic carbocycles. The van der Waals surface area contributed by atoms with E-state index < -0.39 is 6.10 Å². The van der Waals surface area contributed by atoms with Gasteiger partial charge in [0.15, 0.2) is 6.10 Å². The molecule has 4 heteroatoms. The average Bonchev–Trinajstić information content (AvgIpc) is 2.42. The Bertz CT molecular complexity index is 442. The van der Waals surface area contributed by atoms with Gasteiger partial charge in [0.2, 0.25) is 0 Å². The van der Waals surface area contributed by atoms with E-state index in [0.717, 1.165) is 18.5 Å². The standard InChI is InChI=1S/C15H21FN2O/c1-4-8-18-11(3)14-7-6-12(16)9-15(14)19-13(5-2)10-17/h6-7,9,11,13,18H,4-5,8H2,1-3H3. The fourth-order valence-electron chi connectivity index (χ4n) is 1.79. The Morgan fingerprint density at radius 2 is 2.16 bits per heavy atom. The van der Waals surface area contributed by atoms with Crippen molar-refractivity contribution in [2.45, 2.75) is 45.8 Å². The highest BCUT2D eigenvalue weighted by molar-refractivity contribution is 5.36. The maximum Gasteiger partial charge on any atom is 0.184 e. The summed E-state index contributed by atoms with van der Waals surface area (Å²) in [4.78, 5) is 0. The van der Waals surface area contributed by atoms with E-state index in [1.807, 2.05) is 13.8 Å². The molecule has 2 unspecified atom stereocenters. The topological polar surface area (TPSA) is 45.0 Å². The minimum Gasteiger partial charge on any atom is -0.475 e. The van der Waals surface area contributed by atoms with Gasteiger partial charge in [0.25, 0.3) is 0 Å². The lowest BCUT2D eigenvalue weighted by molar-refractivity contribution is 0.246. The van der Waals surface area contributed by atoms with Gasteiger partial charge in [-0.15, -0.1) is 0 Å². The van der Waals surface area contributed by atoms with E-state index in [-0.39, 0.29) is 11.9 Å². The maximum atomic E-state index is 13.3. The lowest BCUT2D eigenvalue weighted by Crippen LogP contribution is -2.21. The third-order valence-corrected chi connectivity index (χ3v) is 2.93. The molecule has 1 rings (SSSR count). The molecule has 2 atom stereocenters. The molecule has 0 spiro atoms. The molecule has 104 valence electrons. The van der Waals surface area contributed by atoms with E-state index in [1.165, 1.54) is 12.1 Å². The Balaban J connectivity index is 2.94. The number of rotatable bonds is 7. The first kappa shape index (κ1) is 15.5. The highest BCUT2D eigenvalue weighted by Crippen LogP contribution is 2.27. The van der Waals surface area contributed by atoms with Crippen LogP contribution in [0.3, 0.4) is 0 Å². The third-order valence-electron chi connectivity index (χ3n) is 2.93. The van der Waals surface area contributed by atoms with Gasteiger partial charge >= 0.3 is 0 Å². The fraction of sp³-hybridized carbons (Fsp3) is 0.533. The molecule has 3 nitrogen and oxygen atoms in total. The highest BCUT2D eigenvalue weighted by Gasteiger charge is 2.15. The number of nitriles is 1. The van der Waals surface area contributed by atoms with Crippen molar-refractivity contribution >= 4 is 0 Å². The molecule has 0 saturated carbocycles. The van der Waals surface area contributed by atoms with Gasteiger partial charge in [-0.2, -0.15) is 5.26 Å². The predicted octanol–water partition coefficient (Wildman–Crippen LogP) is 3.57. The van der Waals surface area contributed by atoms with Crippen molar-refractivity contribution in [2.75, 3.05) is 6.54 Å². The Morgan fingerprint density at radius 3 is 2.74 bits per heavy atom. The third kappa shape index (κ3) is 4.53. The van der Waals surface area contributed by atoms with Crippen LogP contribution in [0, 0.1) is 17.1 Å². The lowest BCUT2D eigenvalue weighted by Gasteiger charge is -2.19. The molecule has 0 aromatic heterocycles. The normalized spacial score (nSPS) is 13.6. The van der Waals surface area contributed by atoms with E-state index in [9.17, 15) is 4.39 Å². The largest absolute Gasteiger partial charge is 0.475 e. The quantitative estimate of drug-likeness (QED) is 0.819. The Morgan fingerprint density at radius 1 is 1.42 bits per heavy atom. The number of ether oxygens (including phenoxy) is 1. The smallest absolute Gasteiger partial charge is 0.184 e. The van der Waals surface area contributed by atoms with Gasteiger partial charge in [-0.25, -0.2) is 4.39 Å². The van der Waals surface area contributed by atoms with Crippen LogP contribution in [0.5, 0.6) is 5.75 Å². The second-order valence-electron chi connectivity index (χ2n) is 4.50. The van der Waals surface area contributed by atoms with Gasteiger partial charge in [0, 0.05) is 17.7 Å². The second-order valence-corrected chi connectivity index (χ2v) is 4.50. The van der Waals surface area contributed by atoms with Crippen molar-refractivity contribution in [1.29, 1.82) is 5.26 Å². The molecule has 0 radical (unpaired) electrons. The molecule has 0 saturated heterocycles. The second kappa shape index (κ2) is 7.75. The average molecular weight is 264 g/mol. The molecule has 1 aromatic carbocycles. The number of nitrogens with one attached hydrogen (secondary N) is 1. The van der Waals surface area contributed by atoms with E-state index >= 15 is 0 Å². The van der Waals surface area contributed by atoms with Crippen LogP contribution in [0.2, 0.25) is 0 Å². The molecule has 0 amide bonds. The summed E-state index contributed by atoms with van der Waals surface area (Å²) in [6.45, 7) is 6.84. The first-order valence-corrected chi connectivity index (χ1v) is 6.71. The number of halogens is 1. The lowest BCUT2D eigenvalue weighted by atomic mass is 10.1. The molecule has 0 heterocycles. The van der Waals surface area contributed by atoms with Crippen LogP contribution >= 0.6 is 0 Å². The van der Waals surface area contributed by atoms with Gasteiger partial charge in [-0.1, -0.05) is 19.9 Å². The van der Waals surface area contributed by atoms with Crippen LogP contribution in [0.4, 0.5) is 4.39 Å². The van der Waals surface area contributed by atoms with Gasteiger partial charge in [-0.3, -0.25) is 0 Å². The van der Waals surface area contributed by atoms with Crippen molar-refractivity contribution in [2.24, 2.45) is 0 Å². The van der Waals surface area contributed by atoms with Crippen LogP contribution in [0.1, 0.15) is 45.2 Å². The maximum absolute atomic E-state index is 13.3. The van der Waals surface area contributed by atoms with Crippen LogP contribution in [-0.2, 0) is 0 Å². The molecule has 0 aliphatic heterocycles. The molecule has 0 fully saturated rings. The summed E-state index contributed by atoms with van der Waals surface area (Å²) in [6.07, 6.45) is 1.06. The predicted molar refractivity (Wildman–Crippen MR) is 73.4 cm³/mol. The van der Waals surface area contributed by atoms with E-state index in [1.54, 1.807) is 6.07 Å². The van der Waals surface area contributed by atoms with Crippen molar-refractivity contribution < 1.29 is 9.13 Å². The minimum atomic E-state index is -0.543. The van der Waals surface area contributed by atoms with E-state index in [2.05, 4.69) is 18.3 Å². The van der Waals surface area contributed by atoms with E-state index in [4.69, 9.17) is 10.00 Å². The molecule has 0 aliphatic rings. The van der Waals surface area contributed by atoms with Crippen molar-refractivity contribution in [3.8, 4) is 11.8 Å². The molecule has 0 bridgehead atoms.